The fourth-order valence-corrected chi connectivity index (χ4v) is 5.10. The van der Waals surface area contributed by atoms with E-state index in [0.29, 0.717) is 59.3 Å². The molecule has 0 aliphatic carbocycles. The quantitative estimate of drug-likeness (QED) is 0.256. The van der Waals surface area contributed by atoms with Crippen molar-refractivity contribution in [1.29, 1.82) is 0 Å². The van der Waals surface area contributed by atoms with Crippen LogP contribution < -0.4 is 5.32 Å². The molecule has 0 radical (unpaired) electrons. The molecule has 4 heterocycles. The molecule has 10 nitrogen and oxygen atoms in total. The molecule has 1 N–H and O–H groups in total. The SMILES string of the molecule is C[C@@H](NC(=O)c1cn(COCC[Si](C)(C)C)c2ncc(-c3nn(C)c4cc(F)ccc34)nc12)C1=NCCO1. The van der Waals surface area contributed by atoms with Gasteiger partial charge in [-0.25, -0.2) is 14.4 Å². The summed E-state index contributed by atoms with van der Waals surface area (Å²) in [6, 6.07) is 5.14. The number of fused-ring (bicyclic) bond motifs is 2. The van der Waals surface area contributed by atoms with Gasteiger partial charge in [0.2, 0.25) is 5.90 Å². The van der Waals surface area contributed by atoms with Crippen molar-refractivity contribution in [3.8, 4) is 11.4 Å². The van der Waals surface area contributed by atoms with Crippen molar-refractivity contribution in [1.82, 2.24) is 29.6 Å². The van der Waals surface area contributed by atoms with Gasteiger partial charge in [-0.2, -0.15) is 5.10 Å². The molecule has 0 saturated carbocycles. The summed E-state index contributed by atoms with van der Waals surface area (Å²) in [5.41, 5.74) is 3.00. The average Bonchev–Trinajstić information content (AvgIpc) is 3.59. The van der Waals surface area contributed by atoms with Crippen LogP contribution >= 0.6 is 0 Å². The zero-order valence-corrected chi connectivity index (χ0v) is 23.3. The van der Waals surface area contributed by atoms with E-state index in [4.69, 9.17) is 14.5 Å². The summed E-state index contributed by atoms with van der Waals surface area (Å²) in [7, 11) is 0.505. The number of aliphatic imine (C=N–C) groups is 1. The monoisotopic (exact) mass is 537 g/mol. The first-order valence-corrected chi connectivity index (χ1v) is 16.4. The number of aryl methyl sites for hydroxylation is 1. The fourth-order valence-electron chi connectivity index (χ4n) is 4.34. The first-order valence-electron chi connectivity index (χ1n) is 12.6. The molecule has 1 amide bonds. The van der Waals surface area contributed by atoms with Gasteiger partial charge < -0.3 is 19.4 Å². The van der Waals surface area contributed by atoms with Crippen LogP contribution in [0.5, 0.6) is 0 Å². The van der Waals surface area contributed by atoms with Gasteiger partial charge >= 0.3 is 0 Å². The number of carbonyl (C=O) groups is 1. The van der Waals surface area contributed by atoms with Crippen LogP contribution in [0.15, 0.2) is 35.6 Å². The lowest BCUT2D eigenvalue weighted by atomic mass is 10.1. The number of hydrogen-bond acceptors (Lipinski definition) is 7. The van der Waals surface area contributed by atoms with Crippen molar-refractivity contribution in [3.63, 3.8) is 0 Å². The maximum absolute atomic E-state index is 13.8. The second-order valence-electron chi connectivity index (χ2n) is 10.7. The van der Waals surface area contributed by atoms with Gasteiger partial charge in [0.15, 0.2) is 5.65 Å². The lowest BCUT2D eigenvalue weighted by molar-refractivity contribution is 0.0891. The van der Waals surface area contributed by atoms with Crippen molar-refractivity contribution < 1.29 is 18.7 Å². The summed E-state index contributed by atoms with van der Waals surface area (Å²) in [5.74, 6) is -0.152. The molecule has 3 aromatic heterocycles. The standard InChI is InChI=1S/C26H32FN7O3Si/c1-16(26-28-8-9-37-26)30-25(35)19-14-34(15-36-10-11-38(3,4)5)24-23(19)31-20(13-29-24)22-18-7-6-17(27)12-21(18)33(2)32-22/h6-7,12-14,16H,8-11,15H2,1-5H3,(H,30,35)/t16-/m1/s1. The fraction of sp³-hybridized carbons (Fsp3) is 0.423. The van der Waals surface area contributed by atoms with Crippen molar-refractivity contribution >= 4 is 41.9 Å². The van der Waals surface area contributed by atoms with Crippen molar-refractivity contribution in [3.05, 3.63) is 42.0 Å². The van der Waals surface area contributed by atoms with Crippen LogP contribution in [0.4, 0.5) is 4.39 Å². The van der Waals surface area contributed by atoms with E-state index in [9.17, 15) is 9.18 Å². The minimum Gasteiger partial charge on any atom is -0.478 e. The molecule has 0 fully saturated rings. The molecule has 1 aromatic carbocycles. The highest BCUT2D eigenvalue weighted by molar-refractivity contribution is 6.76. The van der Waals surface area contributed by atoms with E-state index in [1.165, 1.54) is 12.1 Å². The Labute approximate surface area is 220 Å². The largest absolute Gasteiger partial charge is 0.478 e. The van der Waals surface area contributed by atoms with Crippen LogP contribution in [0.2, 0.25) is 25.7 Å². The first-order chi connectivity index (χ1) is 18.1. The summed E-state index contributed by atoms with van der Waals surface area (Å²) >= 11 is 0. The molecule has 1 atom stereocenters. The first kappa shape index (κ1) is 26.0. The van der Waals surface area contributed by atoms with Gasteiger partial charge in [0.1, 0.15) is 42.1 Å². The molecule has 4 aromatic rings. The van der Waals surface area contributed by atoms with Gasteiger partial charge in [-0.15, -0.1) is 0 Å². The third-order valence-corrected chi connectivity index (χ3v) is 8.12. The minimum absolute atomic E-state index is 0.249. The predicted molar refractivity (Wildman–Crippen MR) is 146 cm³/mol. The van der Waals surface area contributed by atoms with Crippen LogP contribution in [0.25, 0.3) is 33.5 Å². The van der Waals surface area contributed by atoms with E-state index < -0.39 is 8.07 Å². The van der Waals surface area contributed by atoms with E-state index in [-0.39, 0.29) is 24.5 Å². The molecule has 38 heavy (non-hydrogen) atoms. The molecule has 0 bridgehead atoms. The Morgan fingerprint density at radius 2 is 2.13 bits per heavy atom. The minimum atomic E-state index is -1.24. The van der Waals surface area contributed by atoms with Crippen molar-refractivity contribution in [2.45, 2.75) is 45.4 Å². The smallest absolute Gasteiger partial charge is 0.255 e. The lowest BCUT2D eigenvalue weighted by Crippen LogP contribution is -2.38. The Hall–Kier alpha value is -3.64. The van der Waals surface area contributed by atoms with Gasteiger partial charge in [0.05, 0.1) is 23.8 Å². The molecule has 1 aliphatic rings. The third-order valence-electron chi connectivity index (χ3n) is 6.42. The Bertz CT molecular complexity index is 1540. The van der Waals surface area contributed by atoms with E-state index in [1.807, 2.05) is 6.92 Å². The average molecular weight is 538 g/mol. The summed E-state index contributed by atoms with van der Waals surface area (Å²) in [6.07, 6.45) is 3.34. The number of halogens is 1. The molecule has 0 spiro atoms. The second kappa shape index (κ2) is 10.3. The number of nitrogens with one attached hydrogen (secondary N) is 1. The number of carbonyl (C=O) groups excluding carboxylic acids is 1. The predicted octanol–water partition coefficient (Wildman–Crippen LogP) is 3.98. The highest BCUT2D eigenvalue weighted by atomic mass is 28.3. The summed E-state index contributed by atoms with van der Waals surface area (Å²) in [6.45, 7) is 10.7. The second-order valence-corrected chi connectivity index (χ2v) is 16.3. The van der Waals surface area contributed by atoms with Crippen LogP contribution in [0.1, 0.15) is 17.3 Å². The van der Waals surface area contributed by atoms with Crippen molar-refractivity contribution in [2.24, 2.45) is 12.0 Å². The molecule has 0 unspecified atom stereocenters. The van der Waals surface area contributed by atoms with Crippen LogP contribution in [0, 0.1) is 5.82 Å². The van der Waals surface area contributed by atoms with Crippen LogP contribution in [0.3, 0.4) is 0 Å². The molecule has 200 valence electrons. The van der Waals surface area contributed by atoms with Crippen LogP contribution in [-0.4, -0.2) is 70.0 Å². The van der Waals surface area contributed by atoms with E-state index in [2.05, 4.69) is 40.0 Å². The number of benzene rings is 1. The summed E-state index contributed by atoms with van der Waals surface area (Å²) in [5, 5.41) is 8.26. The maximum Gasteiger partial charge on any atom is 0.255 e. The number of hydrogen-bond donors (Lipinski definition) is 1. The normalized spacial score (nSPS) is 14.6. The van der Waals surface area contributed by atoms with Gasteiger partial charge in [-0.1, -0.05) is 19.6 Å². The Morgan fingerprint density at radius 3 is 2.87 bits per heavy atom. The maximum atomic E-state index is 13.8. The summed E-state index contributed by atoms with van der Waals surface area (Å²) < 4.78 is 28.7. The molecule has 5 rings (SSSR count). The molecule has 12 heteroatoms. The number of amides is 1. The molecule has 0 saturated heterocycles. The van der Waals surface area contributed by atoms with Crippen molar-refractivity contribution in [2.75, 3.05) is 19.8 Å². The van der Waals surface area contributed by atoms with Gasteiger partial charge in [-0.3, -0.25) is 14.5 Å². The zero-order chi connectivity index (χ0) is 27.0. The third kappa shape index (κ3) is 5.32. The van der Waals surface area contributed by atoms with E-state index in [1.54, 1.807) is 34.8 Å². The number of nitrogens with zero attached hydrogens (tertiary/aromatic N) is 6. The zero-order valence-electron chi connectivity index (χ0n) is 22.3. The number of rotatable bonds is 9. The summed E-state index contributed by atoms with van der Waals surface area (Å²) in [4.78, 5) is 27.2. The van der Waals surface area contributed by atoms with E-state index >= 15 is 0 Å². The lowest BCUT2D eigenvalue weighted by Gasteiger charge is -2.15. The Morgan fingerprint density at radius 1 is 1.32 bits per heavy atom. The topological polar surface area (TPSA) is 108 Å². The van der Waals surface area contributed by atoms with Crippen LogP contribution in [-0.2, 0) is 23.3 Å². The molecular formula is C26H32FN7O3Si. The Balaban J connectivity index is 1.52. The van der Waals surface area contributed by atoms with Gasteiger partial charge in [-0.05, 0) is 31.2 Å². The Kier molecular flexibility index (Phi) is 7.01. The van der Waals surface area contributed by atoms with Gasteiger partial charge in [0.25, 0.3) is 5.91 Å². The highest BCUT2D eigenvalue weighted by Gasteiger charge is 2.24. The van der Waals surface area contributed by atoms with E-state index in [0.717, 1.165) is 11.4 Å². The van der Waals surface area contributed by atoms with Gasteiger partial charge in [0, 0.05) is 33.3 Å². The molecular weight excluding hydrogens is 505 g/mol. The number of ether oxygens (including phenoxy) is 2. The number of aromatic nitrogens is 5. The molecule has 1 aliphatic heterocycles. The highest BCUT2D eigenvalue weighted by Crippen LogP contribution is 2.29.